The second kappa shape index (κ2) is 5.26. The van der Waals surface area contributed by atoms with Crippen LogP contribution in [0.5, 0.6) is 0 Å². The molecule has 1 aromatic rings. The van der Waals surface area contributed by atoms with Crippen molar-refractivity contribution < 1.29 is 14.4 Å². The maximum atomic E-state index is 11.3. The highest BCUT2D eigenvalue weighted by Crippen LogP contribution is 1.97. The Morgan fingerprint density at radius 2 is 2.47 bits per heavy atom. The molecule has 1 heterocycles. The van der Waals surface area contributed by atoms with Crippen LogP contribution < -0.4 is 0 Å². The molecule has 0 spiro atoms. The van der Waals surface area contributed by atoms with Crippen LogP contribution in [0.15, 0.2) is 12.4 Å². The Balaban J connectivity index is 2.43. The Kier molecular flexibility index (Phi) is 3.99. The van der Waals surface area contributed by atoms with Gasteiger partial charge in [-0.05, 0) is 0 Å². The van der Waals surface area contributed by atoms with E-state index < -0.39 is 0 Å². The third kappa shape index (κ3) is 3.17. The van der Waals surface area contributed by atoms with Gasteiger partial charge in [-0.15, -0.1) is 0 Å². The zero-order valence-corrected chi connectivity index (χ0v) is 8.71. The average Bonchev–Trinajstić information content (AvgIpc) is 2.72. The highest BCUT2D eigenvalue weighted by Gasteiger charge is 2.07. The molecule has 6 nitrogen and oxygen atoms in total. The minimum Gasteiger partial charge on any atom is -0.298 e. The van der Waals surface area contributed by atoms with Gasteiger partial charge in [0.2, 0.25) is 5.91 Å². The molecular formula is C9H13N3O3. The lowest BCUT2D eigenvalue weighted by Crippen LogP contribution is -2.26. The number of nitrogens with zero attached hydrogens (tertiary/aromatic N) is 3. The molecule has 15 heavy (non-hydrogen) atoms. The lowest BCUT2D eigenvalue weighted by Gasteiger charge is -2.12. The van der Waals surface area contributed by atoms with Gasteiger partial charge in [0, 0.05) is 26.2 Å². The van der Waals surface area contributed by atoms with Gasteiger partial charge >= 0.3 is 0 Å². The van der Waals surface area contributed by atoms with Gasteiger partial charge in [0.1, 0.15) is 0 Å². The number of rotatable bonds is 5. The molecule has 0 bridgehead atoms. The van der Waals surface area contributed by atoms with Gasteiger partial charge in [-0.25, -0.2) is 5.06 Å². The molecule has 0 saturated heterocycles. The van der Waals surface area contributed by atoms with Crippen molar-refractivity contribution in [2.24, 2.45) is 0 Å². The molecule has 0 unspecified atom stereocenters. The molecule has 82 valence electrons. The maximum absolute atomic E-state index is 11.3. The number of hydrogen-bond donors (Lipinski definition) is 0. The van der Waals surface area contributed by atoms with Crippen LogP contribution in [0.3, 0.4) is 0 Å². The first-order chi connectivity index (χ1) is 7.17. The molecule has 0 radical (unpaired) electrons. The summed E-state index contributed by atoms with van der Waals surface area (Å²) in [7, 11) is 2.97. The van der Waals surface area contributed by atoms with Crippen molar-refractivity contribution in [2.45, 2.75) is 13.0 Å². The topological polar surface area (TPSA) is 64.4 Å². The Morgan fingerprint density at radius 1 is 1.73 bits per heavy atom. The minimum atomic E-state index is -0.138. The van der Waals surface area contributed by atoms with Gasteiger partial charge in [-0.3, -0.25) is 19.1 Å². The van der Waals surface area contributed by atoms with E-state index >= 15 is 0 Å². The summed E-state index contributed by atoms with van der Waals surface area (Å²) in [5.41, 5.74) is 0.502. The molecular weight excluding hydrogens is 198 g/mol. The van der Waals surface area contributed by atoms with E-state index in [1.165, 1.54) is 13.3 Å². The van der Waals surface area contributed by atoms with E-state index in [4.69, 9.17) is 4.84 Å². The van der Waals surface area contributed by atoms with Gasteiger partial charge < -0.3 is 0 Å². The Hall–Kier alpha value is -1.69. The molecule has 6 heteroatoms. The first kappa shape index (κ1) is 11.4. The average molecular weight is 211 g/mol. The number of aryl methyl sites for hydroxylation is 1. The van der Waals surface area contributed by atoms with Crippen molar-refractivity contribution in [1.82, 2.24) is 14.8 Å². The minimum absolute atomic E-state index is 0.138. The quantitative estimate of drug-likeness (QED) is 0.512. The summed E-state index contributed by atoms with van der Waals surface area (Å²) >= 11 is 0. The lowest BCUT2D eigenvalue weighted by molar-refractivity contribution is -0.168. The molecule has 0 N–H and O–H groups in total. The van der Waals surface area contributed by atoms with Crippen molar-refractivity contribution in [3.63, 3.8) is 0 Å². The monoisotopic (exact) mass is 211 g/mol. The predicted octanol–water partition coefficient (Wildman–Crippen LogP) is 0.105. The van der Waals surface area contributed by atoms with Gasteiger partial charge in [-0.2, -0.15) is 5.10 Å². The largest absolute Gasteiger partial charge is 0.298 e. The number of carbonyl (C=O) groups is 2. The van der Waals surface area contributed by atoms with Crippen LogP contribution in [0.25, 0.3) is 0 Å². The fourth-order valence-electron chi connectivity index (χ4n) is 1.03. The van der Waals surface area contributed by atoms with Crippen molar-refractivity contribution in [3.8, 4) is 0 Å². The maximum Gasteiger partial charge on any atom is 0.247 e. The molecule has 0 saturated carbocycles. The standard InChI is InChI=1S/C9H13N3O3/c1-11(15-2)9(14)3-4-12-6-8(7-13)5-10-12/h5-7H,3-4H2,1-2H3. The highest BCUT2D eigenvalue weighted by atomic mass is 16.7. The van der Waals surface area contributed by atoms with E-state index in [1.807, 2.05) is 0 Å². The molecule has 1 rings (SSSR count). The Labute approximate surface area is 87.4 Å². The van der Waals surface area contributed by atoms with Crippen LogP contribution in [0.4, 0.5) is 0 Å². The molecule has 1 aromatic heterocycles. The number of amides is 1. The summed E-state index contributed by atoms with van der Waals surface area (Å²) in [6, 6.07) is 0. The lowest BCUT2D eigenvalue weighted by atomic mass is 10.4. The second-order valence-corrected chi connectivity index (χ2v) is 2.98. The second-order valence-electron chi connectivity index (χ2n) is 2.98. The van der Waals surface area contributed by atoms with Crippen LogP contribution in [-0.2, 0) is 16.2 Å². The van der Waals surface area contributed by atoms with Crippen LogP contribution >= 0.6 is 0 Å². The number of carbonyl (C=O) groups excluding carboxylic acids is 2. The zero-order chi connectivity index (χ0) is 11.3. The van der Waals surface area contributed by atoms with E-state index in [2.05, 4.69) is 5.10 Å². The van der Waals surface area contributed by atoms with Crippen LogP contribution in [0.1, 0.15) is 16.8 Å². The summed E-state index contributed by atoms with van der Waals surface area (Å²) in [5.74, 6) is -0.138. The Bertz CT molecular complexity index is 348. The van der Waals surface area contributed by atoms with Gasteiger partial charge in [0.25, 0.3) is 0 Å². The molecule has 0 aliphatic carbocycles. The summed E-state index contributed by atoms with van der Waals surface area (Å²) in [6.45, 7) is 0.431. The fraction of sp³-hybridized carbons (Fsp3) is 0.444. The smallest absolute Gasteiger partial charge is 0.247 e. The Morgan fingerprint density at radius 3 is 3.00 bits per heavy atom. The van der Waals surface area contributed by atoms with Crippen molar-refractivity contribution >= 4 is 12.2 Å². The molecule has 0 aliphatic heterocycles. The van der Waals surface area contributed by atoms with E-state index in [9.17, 15) is 9.59 Å². The summed E-state index contributed by atoms with van der Waals surface area (Å²) in [6.07, 6.45) is 4.04. The van der Waals surface area contributed by atoms with Crippen LogP contribution in [0.2, 0.25) is 0 Å². The zero-order valence-electron chi connectivity index (χ0n) is 8.71. The fourth-order valence-corrected chi connectivity index (χ4v) is 1.03. The molecule has 0 aromatic carbocycles. The molecule has 1 amide bonds. The summed E-state index contributed by atoms with van der Waals surface area (Å²) in [5, 5.41) is 5.07. The first-order valence-corrected chi connectivity index (χ1v) is 4.45. The summed E-state index contributed by atoms with van der Waals surface area (Å²) < 4.78 is 1.55. The van der Waals surface area contributed by atoms with E-state index in [0.717, 1.165) is 5.06 Å². The number of hydrogen-bond acceptors (Lipinski definition) is 4. The molecule has 0 atom stereocenters. The molecule has 0 fully saturated rings. The van der Waals surface area contributed by atoms with E-state index in [-0.39, 0.29) is 12.3 Å². The van der Waals surface area contributed by atoms with Crippen LogP contribution in [0, 0.1) is 0 Å². The third-order valence-electron chi connectivity index (χ3n) is 1.97. The normalized spacial score (nSPS) is 10.0. The first-order valence-electron chi connectivity index (χ1n) is 4.45. The predicted molar refractivity (Wildman–Crippen MR) is 52.0 cm³/mol. The van der Waals surface area contributed by atoms with Crippen molar-refractivity contribution in [1.29, 1.82) is 0 Å². The SMILES string of the molecule is CON(C)C(=O)CCn1cc(C=O)cn1. The third-order valence-corrected chi connectivity index (χ3v) is 1.97. The summed E-state index contributed by atoms with van der Waals surface area (Å²) in [4.78, 5) is 26.4. The van der Waals surface area contributed by atoms with Crippen LogP contribution in [-0.4, -0.2) is 41.2 Å². The van der Waals surface area contributed by atoms with Gasteiger partial charge in [-0.1, -0.05) is 0 Å². The van der Waals surface area contributed by atoms with Gasteiger partial charge in [0.05, 0.1) is 18.9 Å². The highest BCUT2D eigenvalue weighted by molar-refractivity contribution is 5.75. The number of aromatic nitrogens is 2. The number of aldehydes is 1. The van der Waals surface area contributed by atoms with Crippen molar-refractivity contribution in [2.75, 3.05) is 14.2 Å². The van der Waals surface area contributed by atoms with Gasteiger partial charge in [0.15, 0.2) is 6.29 Å². The number of hydroxylamine groups is 2. The van der Waals surface area contributed by atoms with E-state index in [0.29, 0.717) is 18.4 Å². The van der Waals surface area contributed by atoms with Crippen molar-refractivity contribution in [3.05, 3.63) is 18.0 Å². The molecule has 0 aliphatic rings. The van der Waals surface area contributed by atoms with E-state index in [1.54, 1.807) is 17.9 Å².